The van der Waals surface area contributed by atoms with Gasteiger partial charge in [-0.3, -0.25) is 0 Å². The van der Waals surface area contributed by atoms with Crippen LogP contribution in [0.15, 0.2) is 0 Å². The molecule has 0 aromatic heterocycles. The SMILES string of the molecule is CCSCC(CC(C)C)SCCC(C)C. The van der Waals surface area contributed by atoms with E-state index in [2.05, 4.69) is 58.1 Å². The van der Waals surface area contributed by atoms with Crippen molar-refractivity contribution in [3.8, 4) is 0 Å². The van der Waals surface area contributed by atoms with Crippen LogP contribution in [-0.2, 0) is 0 Å². The quantitative estimate of drug-likeness (QED) is 0.567. The van der Waals surface area contributed by atoms with Gasteiger partial charge in [-0.1, -0.05) is 34.6 Å². The predicted molar refractivity (Wildman–Crippen MR) is 78.2 cm³/mol. The summed E-state index contributed by atoms with van der Waals surface area (Å²) in [5.41, 5.74) is 0. The second-order valence-electron chi connectivity index (χ2n) is 4.96. The lowest BCUT2D eigenvalue weighted by Gasteiger charge is -2.18. The van der Waals surface area contributed by atoms with Gasteiger partial charge in [-0.2, -0.15) is 23.5 Å². The molecule has 1 atom stereocenters. The smallest absolute Gasteiger partial charge is 0.0140 e. The van der Waals surface area contributed by atoms with Gasteiger partial charge in [0.15, 0.2) is 0 Å². The molecule has 1 unspecified atom stereocenters. The van der Waals surface area contributed by atoms with Crippen molar-refractivity contribution in [3.63, 3.8) is 0 Å². The molecule has 0 aliphatic carbocycles. The van der Waals surface area contributed by atoms with E-state index >= 15 is 0 Å². The molecule has 2 heteroatoms. The topological polar surface area (TPSA) is 0 Å². The van der Waals surface area contributed by atoms with E-state index in [1.165, 1.54) is 30.1 Å². The number of hydrogen-bond donors (Lipinski definition) is 0. The maximum Gasteiger partial charge on any atom is 0.0140 e. The van der Waals surface area contributed by atoms with Gasteiger partial charge in [0, 0.05) is 11.0 Å². The lowest BCUT2D eigenvalue weighted by atomic mass is 10.1. The fourth-order valence-electron chi connectivity index (χ4n) is 1.43. The zero-order valence-corrected chi connectivity index (χ0v) is 12.7. The molecule has 0 aliphatic heterocycles. The molecule has 92 valence electrons. The molecule has 15 heavy (non-hydrogen) atoms. The molecule has 0 nitrogen and oxygen atoms in total. The highest BCUT2D eigenvalue weighted by molar-refractivity contribution is 8.03. The lowest BCUT2D eigenvalue weighted by Crippen LogP contribution is -2.11. The van der Waals surface area contributed by atoms with Gasteiger partial charge in [0.2, 0.25) is 0 Å². The highest BCUT2D eigenvalue weighted by atomic mass is 32.2. The van der Waals surface area contributed by atoms with Crippen LogP contribution in [0.4, 0.5) is 0 Å². The molecule has 0 spiro atoms. The van der Waals surface area contributed by atoms with Crippen molar-refractivity contribution in [3.05, 3.63) is 0 Å². The summed E-state index contributed by atoms with van der Waals surface area (Å²) >= 11 is 4.29. The maximum atomic E-state index is 2.34. The molecule has 0 saturated heterocycles. The van der Waals surface area contributed by atoms with Crippen LogP contribution in [0.2, 0.25) is 0 Å². The Labute approximate surface area is 105 Å². The first kappa shape index (κ1) is 15.7. The summed E-state index contributed by atoms with van der Waals surface area (Å²) in [5, 5.41) is 0.883. The van der Waals surface area contributed by atoms with Gasteiger partial charge >= 0.3 is 0 Å². The normalized spacial score (nSPS) is 13.8. The van der Waals surface area contributed by atoms with Gasteiger partial charge in [-0.25, -0.2) is 0 Å². The van der Waals surface area contributed by atoms with Crippen molar-refractivity contribution < 1.29 is 0 Å². The van der Waals surface area contributed by atoms with E-state index in [1.54, 1.807) is 0 Å². The van der Waals surface area contributed by atoms with E-state index in [0.717, 1.165) is 17.1 Å². The molecule has 0 rings (SSSR count). The van der Waals surface area contributed by atoms with Crippen molar-refractivity contribution in [1.29, 1.82) is 0 Å². The Hall–Kier alpha value is 0.700. The van der Waals surface area contributed by atoms with E-state index in [4.69, 9.17) is 0 Å². The maximum absolute atomic E-state index is 2.34. The highest BCUT2D eigenvalue weighted by Crippen LogP contribution is 2.24. The first-order valence-electron chi connectivity index (χ1n) is 6.25. The third-order valence-corrected chi connectivity index (χ3v) is 4.85. The van der Waals surface area contributed by atoms with Gasteiger partial charge in [0.05, 0.1) is 0 Å². The minimum atomic E-state index is 0.846. The summed E-state index contributed by atoms with van der Waals surface area (Å²) < 4.78 is 0. The minimum absolute atomic E-state index is 0.846. The number of rotatable bonds is 9. The van der Waals surface area contributed by atoms with E-state index < -0.39 is 0 Å². The van der Waals surface area contributed by atoms with Crippen molar-refractivity contribution in [2.24, 2.45) is 11.8 Å². The Balaban J connectivity index is 3.69. The molecule has 0 aliphatic rings. The molecule has 0 aromatic rings. The second kappa shape index (κ2) is 9.89. The third-order valence-electron chi connectivity index (χ3n) is 2.29. The third kappa shape index (κ3) is 11.0. The van der Waals surface area contributed by atoms with Crippen LogP contribution >= 0.6 is 23.5 Å². The summed E-state index contributed by atoms with van der Waals surface area (Å²) in [6.45, 7) is 11.6. The Morgan fingerprint density at radius 1 is 1.00 bits per heavy atom. The van der Waals surface area contributed by atoms with Crippen molar-refractivity contribution in [1.82, 2.24) is 0 Å². The summed E-state index contributed by atoms with van der Waals surface area (Å²) in [7, 11) is 0. The lowest BCUT2D eigenvalue weighted by molar-refractivity contribution is 0.585. The average molecular weight is 249 g/mol. The summed E-state index contributed by atoms with van der Waals surface area (Å²) in [6, 6.07) is 0. The summed E-state index contributed by atoms with van der Waals surface area (Å²) in [5.74, 6) is 5.66. The van der Waals surface area contributed by atoms with Crippen LogP contribution in [0.25, 0.3) is 0 Å². The monoisotopic (exact) mass is 248 g/mol. The standard InChI is InChI=1S/C13H28S2/c1-6-14-10-13(9-12(4)5)15-8-7-11(2)3/h11-13H,6-10H2,1-5H3. The zero-order chi connectivity index (χ0) is 11.7. The molecule has 0 saturated carbocycles. The van der Waals surface area contributed by atoms with Crippen LogP contribution in [0.1, 0.15) is 47.5 Å². The Morgan fingerprint density at radius 2 is 1.67 bits per heavy atom. The van der Waals surface area contributed by atoms with E-state index in [0.29, 0.717) is 0 Å². The summed E-state index contributed by atoms with van der Waals surface area (Å²) in [4.78, 5) is 0. The van der Waals surface area contributed by atoms with Gasteiger partial charge in [0.1, 0.15) is 0 Å². The molecular formula is C13H28S2. The van der Waals surface area contributed by atoms with E-state index in [1.807, 2.05) is 0 Å². The van der Waals surface area contributed by atoms with Gasteiger partial charge in [-0.15, -0.1) is 0 Å². The molecule has 0 fully saturated rings. The summed E-state index contributed by atoms with van der Waals surface area (Å²) in [6.07, 6.45) is 2.76. The molecule has 0 heterocycles. The average Bonchev–Trinajstić information content (AvgIpc) is 2.12. The number of thioether (sulfide) groups is 2. The van der Waals surface area contributed by atoms with Crippen LogP contribution in [0.5, 0.6) is 0 Å². The molecule has 0 N–H and O–H groups in total. The van der Waals surface area contributed by atoms with E-state index in [-0.39, 0.29) is 0 Å². The molecule has 0 amide bonds. The highest BCUT2D eigenvalue weighted by Gasteiger charge is 2.11. The Morgan fingerprint density at radius 3 is 2.13 bits per heavy atom. The second-order valence-corrected chi connectivity index (χ2v) is 7.69. The van der Waals surface area contributed by atoms with Gasteiger partial charge < -0.3 is 0 Å². The molecule has 0 radical (unpaired) electrons. The fourth-order valence-corrected chi connectivity index (χ4v) is 4.20. The number of hydrogen-bond acceptors (Lipinski definition) is 2. The minimum Gasteiger partial charge on any atom is -0.161 e. The van der Waals surface area contributed by atoms with Crippen molar-refractivity contribution >= 4 is 23.5 Å². The van der Waals surface area contributed by atoms with E-state index in [9.17, 15) is 0 Å². The molecule has 0 bridgehead atoms. The van der Waals surface area contributed by atoms with Crippen LogP contribution < -0.4 is 0 Å². The largest absolute Gasteiger partial charge is 0.161 e. The van der Waals surface area contributed by atoms with Crippen molar-refractivity contribution in [2.45, 2.75) is 52.7 Å². The van der Waals surface area contributed by atoms with Gasteiger partial charge in [-0.05, 0) is 36.2 Å². The Bertz CT molecular complexity index is 132. The van der Waals surface area contributed by atoms with Crippen LogP contribution in [0.3, 0.4) is 0 Å². The van der Waals surface area contributed by atoms with Crippen LogP contribution in [-0.4, -0.2) is 22.5 Å². The predicted octanol–water partition coefficient (Wildman–Crippen LogP) is 4.93. The first-order chi connectivity index (χ1) is 7.06. The molecule has 0 aromatic carbocycles. The fraction of sp³-hybridized carbons (Fsp3) is 1.00. The van der Waals surface area contributed by atoms with Gasteiger partial charge in [0.25, 0.3) is 0 Å². The van der Waals surface area contributed by atoms with Crippen LogP contribution in [0, 0.1) is 11.8 Å². The Kier molecular flexibility index (Phi) is 10.4. The van der Waals surface area contributed by atoms with Crippen molar-refractivity contribution in [2.75, 3.05) is 17.3 Å². The zero-order valence-electron chi connectivity index (χ0n) is 11.1. The molecular weight excluding hydrogens is 220 g/mol. The first-order valence-corrected chi connectivity index (χ1v) is 8.45.